The van der Waals surface area contributed by atoms with E-state index in [1.165, 1.54) is 13.2 Å². The van der Waals surface area contributed by atoms with Crippen LogP contribution in [-0.2, 0) is 16.1 Å². The Labute approximate surface area is 143 Å². The number of esters is 1. The Bertz CT molecular complexity index is 1010. The Morgan fingerprint density at radius 2 is 1.76 bits per heavy atom. The molecule has 0 aliphatic rings. The number of nitrogens with zero attached hydrogens (tertiary/aromatic N) is 1. The number of aromatic nitrogens is 1. The standard InChI is InChI=1S/C19H16N2O4/c1-25-19(24)13-6-2-4-8-15(13)20-18(23)12-21-11-10-17(22)14-7-3-5-9-16(14)21/h2-11H,12H2,1H3,(H,20,23). The zero-order valence-corrected chi connectivity index (χ0v) is 13.6. The zero-order chi connectivity index (χ0) is 17.8. The first kappa shape index (κ1) is 16.4. The van der Waals surface area contributed by atoms with E-state index in [1.807, 2.05) is 6.07 Å². The predicted molar refractivity (Wildman–Crippen MR) is 94.6 cm³/mol. The summed E-state index contributed by atoms with van der Waals surface area (Å²) in [4.78, 5) is 36.1. The van der Waals surface area contributed by atoms with Gasteiger partial charge in [0.05, 0.1) is 23.9 Å². The molecule has 0 unspecified atom stereocenters. The van der Waals surface area contributed by atoms with Crippen LogP contribution in [0.4, 0.5) is 5.69 Å². The van der Waals surface area contributed by atoms with E-state index in [1.54, 1.807) is 53.2 Å². The number of para-hydroxylation sites is 2. The smallest absolute Gasteiger partial charge is 0.339 e. The van der Waals surface area contributed by atoms with Crippen molar-refractivity contribution >= 4 is 28.5 Å². The molecule has 25 heavy (non-hydrogen) atoms. The topological polar surface area (TPSA) is 77.4 Å². The van der Waals surface area contributed by atoms with E-state index in [2.05, 4.69) is 5.32 Å². The van der Waals surface area contributed by atoms with Gasteiger partial charge in [0.15, 0.2) is 5.43 Å². The lowest BCUT2D eigenvalue weighted by Crippen LogP contribution is -2.21. The highest BCUT2D eigenvalue weighted by Gasteiger charge is 2.14. The number of nitrogens with one attached hydrogen (secondary N) is 1. The first-order valence-electron chi connectivity index (χ1n) is 7.65. The van der Waals surface area contributed by atoms with Crippen LogP contribution in [0.5, 0.6) is 0 Å². The maximum Gasteiger partial charge on any atom is 0.339 e. The largest absolute Gasteiger partial charge is 0.465 e. The van der Waals surface area contributed by atoms with Crippen LogP contribution in [0, 0.1) is 0 Å². The molecule has 0 aliphatic heterocycles. The average Bonchev–Trinajstić information content (AvgIpc) is 2.64. The van der Waals surface area contributed by atoms with E-state index in [-0.39, 0.29) is 23.4 Å². The van der Waals surface area contributed by atoms with Crippen molar-refractivity contribution in [1.29, 1.82) is 0 Å². The first-order chi connectivity index (χ1) is 12.1. The molecule has 0 saturated heterocycles. The second-order valence-electron chi connectivity index (χ2n) is 5.41. The molecule has 6 nitrogen and oxygen atoms in total. The van der Waals surface area contributed by atoms with Gasteiger partial charge in [-0.3, -0.25) is 9.59 Å². The van der Waals surface area contributed by atoms with E-state index in [4.69, 9.17) is 4.74 Å². The molecule has 0 aliphatic carbocycles. The minimum absolute atomic E-state index is 0.0102. The summed E-state index contributed by atoms with van der Waals surface area (Å²) in [5, 5.41) is 3.26. The van der Waals surface area contributed by atoms with Gasteiger partial charge in [0.1, 0.15) is 6.54 Å². The lowest BCUT2D eigenvalue weighted by atomic mass is 10.1. The Hall–Kier alpha value is -3.41. The first-order valence-corrected chi connectivity index (χ1v) is 7.65. The minimum Gasteiger partial charge on any atom is -0.465 e. The van der Waals surface area contributed by atoms with Gasteiger partial charge in [-0.25, -0.2) is 4.79 Å². The monoisotopic (exact) mass is 336 g/mol. The van der Waals surface area contributed by atoms with E-state index >= 15 is 0 Å². The zero-order valence-electron chi connectivity index (χ0n) is 13.6. The van der Waals surface area contributed by atoms with Crippen molar-refractivity contribution in [2.45, 2.75) is 6.54 Å². The molecule has 0 saturated carbocycles. The molecule has 0 bridgehead atoms. The number of anilines is 1. The molecule has 3 rings (SSSR count). The Morgan fingerprint density at radius 1 is 1.04 bits per heavy atom. The van der Waals surface area contributed by atoms with Gasteiger partial charge in [0, 0.05) is 17.6 Å². The highest BCUT2D eigenvalue weighted by atomic mass is 16.5. The average molecular weight is 336 g/mol. The number of amides is 1. The summed E-state index contributed by atoms with van der Waals surface area (Å²) in [7, 11) is 1.29. The minimum atomic E-state index is -0.523. The molecule has 0 fully saturated rings. The molecule has 0 radical (unpaired) electrons. The van der Waals surface area contributed by atoms with Crippen molar-refractivity contribution in [3.8, 4) is 0 Å². The highest BCUT2D eigenvalue weighted by molar-refractivity contribution is 6.01. The third-order valence-electron chi connectivity index (χ3n) is 3.81. The van der Waals surface area contributed by atoms with Crippen molar-refractivity contribution < 1.29 is 14.3 Å². The van der Waals surface area contributed by atoms with Gasteiger partial charge in [-0.1, -0.05) is 24.3 Å². The Morgan fingerprint density at radius 3 is 2.56 bits per heavy atom. The van der Waals surface area contributed by atoms with Crippen LogP contribution in [0.2, 0.25) is 0 Å². The van der Waals surface area contributed by atoms with Crippen molar-refractivity contribution in [2.24, 2.45) is 0 Å². The number of carbonyl (C=O) groups is 2. The number of methoxy groups -OCH3 is 1. The fraction of sp³-hybridized carbons (Fsp3) is 0.105. The lowest BCUT2D eigenvalue weighted by molar-refractivity contribution is -0.116. The van der Waals surface area contributed by atoms with Crippen LogP contribution in [0.1, 0.15) is 10.4 Å². The maximum atomic E-state index is 12.4. The normalized spacial score (nSPS) is 10.4. The fourth-order valence-electron chi connectivity index (χ4n) is 2.62. The molecule has 6 heteroatoms. The van der Waals surface area contributed by atoms with Gasteiger partial charge >= 0.3 is 5.97 Å². The summed E-state index contributed by atoms with van der Waals surface area (Å²) in [6, 6.07) is 15.1. The summed E-state index contributed by atoms with van der Waals surface area (Å²) >= 11 is 0. The molecule has 1 N–H and O–H groups in total. The maximum absolute atomic E-state index is 12.4. The molecule has 1 aromatic heterocycles. The van der Waals surface area contributed by atoms with Crippen LogP contribution in [0.3, 0.4) is 0 Å². The summed E-state index contributed by atoms with van der Waals surface area (Å²) in [6.07, 6.45) is 1.58. The van der Waals surface area contributed by atoms with Crippen molar-refractivity contribution in [3.05, 3.63) is 76.6 Å². The van der Waals surface area contributed by atoms with Gasteiger partial charge in [0.25, 0.3) is 0 Å². The number of carbonyl (C=O) groups excluding carboxylic acids is 2. The number of hydrogen-bond acceptors (Lipinski definition) is 4. The number of benzene rings is 2. The summed E-state index contributed by atoms with van der Waals surface area (Å²) in [6.45, 7) is 0.0102. The third kappa shape index (κ3) is 3.42. The number of ether oxygens (including phenoxy) is 1. The molecular weight excluding hydrogens is 320 g/mol. The second-order valence-corrected chi connectivity index (χ2v) is 5.41. The van der Waals surface area contributed by atoms with Crippen LogP contribution in [0.25, 0.3) is 10.9 Å². The number of rotatable bonds is 4. The van der Waals surface area contributed by atoms with Gasteiger partial charge in [-0.05, 0) is 24.3 Å². The SMILES string of the molecule is COC(=O)c1ccccc1NC(=O)Cn1ccc(=O)c2ccccc21. The van der Waals surface area contributed by atoms with Crippen molar-refractivity contribution in [3.63, 3.8) is 0 Å². The van der Waals surface area contributed by atoms with E-state index in [0.717, 1.165) is 0 Å². The van der Waals surface area contributed by atoms with Crippen LogP contribution >= 0.6 is 0 Å². The molecular formula is C19H16N2O4. The lowest BCUT2D eigenvalue weighted by Gasteiger charge is -2.12. The van der Waals surface area contributed by atoms with Gasteiger partial charge in [-0.2, -0.15) is 0 Å². The number of fused-ring (bicyclic) bond motifs is 1. The summed E-state index contributed by atoms with van der Waals surface area (Å²) < 4.78 is 6.40. The quantitative estimate of drug-likeness (QED) is 0.742. The highest BCUT2D eigenvalue weighted by Crippen LogP contribution is 2.16. The molecule has 0 atom stereocenters. The third-order valence-corrected chi connectivity index (χ3v) is 3.81. The number of hydrogen-bond donors (Lipinski definition) is 1. The molecule has 2 aromatic carbocycles. The van der Waals surface area contributed by atoms with E-state index in [9.17, 15) is 14.4 Å². The Balaban J connectivity index is 1.87. The van der Waals surface area contributed by atoms with Crippen LogP contribution in [0.15, 0.2) is 65.6 Å². The van der Waals surface area contributed by atoms with Gasteiger partial charge in [-0.15, -0.1) is 0 Å². The second kappa shape index (κ2) is 7.00. The predicted octanol–water partition coefficient (Wildman–Crippen LogP) is 2.43. The van der Waals surface area contributed by atoms with Crippen LogP contribution < -0.4 is 10.7 Å². The molecule has 0 spiro atoms. The van der Waals surface area contributed by atoms with E-state index in [0.29, 0.717) is 16.6 Å². The summed E-state index contributed by atoms with van der Waals surface area (Å²) in [5.74, 6) is -0.838. The summed E-state index contributed by atoms with van der Waals surface area (Å²) in [5.41, 5.74) is 1.24. The van der Waals surface area contributed by atoms with Gasteiger partial charge < -0.3 is 14.6 Å². The molecule has 1 heterocycles. The number of pyridine rings is 1. The molecule has 126 valence electrons. The van der Waals surface area contributed by atoms with Gasteiger partial charge in [0.2, 0.25) is 5.91 Å². The van der Waals surface area contributed by atoms with Crippen molar-refractivity contribution in [1.82, 2.24) is 4.57 Å². The van der Waals surface area contributed by atoms with Crippen molar-refractivity contribution in [2.75, 3.05) is 12.4 Å². The fourth-order valence-corrected chi connectivity index (χ4v) is 2.62. The molecule has 3 aromatic rings. The van der Waals surface area contributed by atoms with Crippen LogP contribution in [-0.4, -0.2) is 23.6 Å². The Kier molecular flexibility index (Phi) is 4.61. The molecule has 1 amide bonds. The van der Waals surface area contributed by atoms with E-state index < -0.39 is 5.97 Å².